The zero-order chi connectivity index (χ0) is 22.3. The van der Waals surface area contributed by atoms with Crippen LogP contribution in [0.5, 0.6) is 0 Å². The van der Waals surface area contributed by atoms with E-state index in [4.69, 9.17) is 4.74 Å². The largest absolute Gasteiger partial charge is 0.387 e. The molecule has 1 unspecified atom stereocenters. The maximum atomic E-state index is 13.2. The lowest BCUT2D eigenvalue weighted by Crippen LogP contribution is -2.52. The number of rotatable bonds is 8. The molecule has 2 saturated carbocycles. The zero-order valence-electron chi connectivity index (χ0n) is 18.9. The molecule has 1 aromatic rings. The number of benzene rings is 1. The molecule has 168 valence electrons. The van der Waals surface area contributed by atoms with Gasteiger partial charge in [-0.25, -0.2) is 8.42 Å². The maximum Gasteiger partial charge on any atom is 0.251 e. The first-order valence-electron chi connectivity index (χ1n) is 10.6. The highest BCUT2D eigenvalue weighted by Gasteiger charge is 2.59. The van der Waals surface area contributed by atoms with Crippen molar-refractivity contribution in [2.24, 2.45) is 16.7 Å². The highest BCUT2D eigenvalue weighted by atomic mass is 32.2. The van der Waals surface area contributed by atoms with Crippen LogP contribution in [-0.4, -0.2) is 59.0 Å². The van der Waals surface area contributed by atoms with Gasteiger partial charge in [-0.05, 0) is 54.2 Å². The summed E-state index contributed by atoms with van der Waals surface area (Å²) >= 11 is 0. The lowest BCUT2D eigenvalue weighted by molar-refractivity contribution is 0.0737. The summed E-state index contributed by atoms with van der Waals surface area (Å²) < 4.78 is 32.4. The van der Waals surface area contributed by atoms with E-state index >= 15 is 0 Å². The molecule has 2 N–H and O–H groups in total. The monoisotopic (exact) mass is 437 g/mol. The van der Waals surface area contributed by atoms with Gasteiger partial charge in [0.25, 0.3) is 5.91 Å². The van der Waals surface area contributed by atoms with Gasteiger partial charge >= 0.3 is 0 Å². The van der Waals surface area contributed by atoms with E-state index in [1.54, 1.807) is 19.2 Å². The van der Waals surface area contributed by atoms with Gasteiger partial charge in [-0.15, -0.1) is 0 Å². The van der Waals surface area contributed by atoms with E-state index in [1.807, 2.05) is 0 Å². The van der Waals surface area contributed by atoms with E-state index in [-0.39, 0.29) is 34.2 Å². The average Bonchev–Trinajstić information content (AvgIpc) is 3.19. The number of anilines is 1. The summed E-state index contributed by atoms with van der Waals surface area (Å²) in [7, 11) is 0.942. The van der Waals surface area contributed by atoms with Crippen molar-refractivity contribution in [3.8, 4) is 0 Å². The quantitative estimate of drug-likeness (QED) is 0.653. The van der Waals surface area contributed by atoms with Crippen LogP contribution in [0.25, 0.3) is 0 Å². The number of amides is 1. The Bertz CT molecular complexity index is 910. The Kier molecular flexibility index (Phi) is 6.24. The minimum absolute atomic E-state index is 0.0306. The van der Waals surface area contributed by atoms with Crippen molar-refractivity contribution in [1.29, 1.82) is 0 Å². The minimum atomic E-state index is -3.77. The van der Waals surface area contributed by atoms with Crippen molar-refractivity contribution in [2.45, 2.75) is 51.0 Å². The molecule has 0 heterocycles. The van der Waals surface area contributed by atoms with Crippen LogP contribution in [0.4, 0.5) is 5.69 Å². The lowest BCUT2D eigenvalue weighted by atomic mass is 9.68. The van der Waals surface area contributed by atoms with E-state index in [2.05, 4.69) is 31.4 Å². The third-order valence-electron chi connectivity index (χ3n) is 7.36. The summed E-state index contributed by atoms with van der Waals surface area (Å²) in [5, 5.41) is 6.17. The van der Waals surface area contributed by atoms with Gasteiger partial charge in [0.15, 0.2) is 0 Å². The average molecular weight is 438 g/mol. The number of sulfonamides is 1. The number of nitrogens with zero attached hydrogens (tertiary/aromatic N) is 1. The normalized spacial score (nSPS) is 27.4. The number of carbonyl (C=O) groups excluding carboxylic acids is 1. The predicted molar refractivity (Wildman–Crippen MR) is 118 cm³/mol. The van der Waals surface area contributed by atoms with E-state index in [1.165, 1.54) is 30.9 Å². The smallest absolute Gasteiger partial charge is 0.251 e. The van der Waals surface area contributed by atoms with Gasteiger partial charge in [0, 0.05) is 39.4 Å². The van der Waals surface area contributed by atoms with E-state index in [0.717, 1.165) is 12.8 Å². The van der Waals surface area contributed by atoms with Crippen LogP contribution >= 0.6 is 0 Å². The van der Waals surface area contributed by atoms with Crippen molar-refractivity contribution >= 4 is 21.6 Å². The first kappa shape index (κ1) is 23.0. The summed E-state index contributed by atoms with van der Waals surface area (Å²) in [6.45, 7) is 7.25. The summed E-state index contributed by atoms with van der Waals surface area (Å²) in [6, 6.07) is 4.88. The Balaban J connectivity index is 1.89. The van der Waals surface area contributed by atoms with Crippen molar-refractivity contribution in [2.75, 3.05) is 39.7 Å². The molecule has 0 spiro atoms. The first-order chi connectivity index (χ1) is 14.0. The van der Waals surface area contributed by atoms with Gasteiger partial charge in [-0.2, -0.15) is 4.31 Å². The van der Waals surface area contributed by atoms with Crippen molar-refractivity contribution in [3.05, 3.63) is 23.8 Å². The summed E-state index contributed by atoms with van der Waals surface area (Å²) in [4.78, 5) is 13.3. The second kappa shape index (κ2) is 8.13. The van der Waals surface area contributed by atoms with Crippen LogP contribution in [-0.2, 0) is 14.8 Å². The molecule has 2 aliphatic rings. The Hall–Kier alpha value is -1.64. The van der Waals surface area contributed by atoms with Gasteiger partial charge in [0.1, 0.15) is 4.90 Å². The molecule has 3 rings (SSSR count). The van der Waals surface area contributed by atoms with Gasteiger partial charge in [0.2, 0.25) is 10.0 Å². The third kappa shape index (κ3) is 3.85. The highest BCUT2D eigenvalue weighted by Crippen LogP contribution is 2.62. The Labute approximate surface area is 180 Å². The second-order valence-corrected chi connectivity index (χ2v) is 11.6. The molecular weight excluding hydrogens is 402 g/mol. The third-order valence-corrected chi connectivity index (χ3v) is 9.25. The molecule has 30 heavy (non-hydrogen) atoms. The van der Waals surface area contributed by atoms with Crippen LogP contribution in [0.15, 0.2) is 23.1 Å². The first-order valence-corrected chi connectivity index (χ1v) is 12.0. The van der Waals surface area contributed by atoms with Crippen molar-refractivity contribution in [1.82, 2.24) is 9.62 Å². The highest BCUT2D eigenvalue weighted by molar-refractivity contribution is 7.89. The number of nitrogens with one attached hydrogen (secondary N) is 2. The second-order valence-electron chi connectivity index (χ2n) is 9.60. The molecule has 0 aliphatic heterocycles. The molecule has 2 bridgehead atoms. The zero-order valence-corrected chi connectivity index (χ0v) is 19.7. The number of fused-ring (bicyclic) bond motifs is 2. The molecule has 2 fully saturated rings. The van der Waals surface area contributed by atoms with Crippen LogP contribution in [0, 0.1) is 16.7 Å². The van der Waals surface area contributed by atoms with Crippen molar-refractivity contribution in [3.63, 3.8) is 0 Å². The fourth-order valence-corrected chi connectivity index (χ4v) is 6.84. The fourth-order valence-electron chi connectivity index (χ4n) is 5.47. The number of hydrogen-bond acceptors (Lipinski definition) is 5. The number of hydrogen-bond donors (Lipinski definition) is 2. The van der Waals surface area contributed by atoms with Crippen LogP contribution < -0.4 is 10.6 Å². The molecule has 3 atom stereocenters. The predicted octanol–water partition coefficient (Wildman–Crippen LogP) is 2.94. The molecule has 0 aromatic heterocycles. The van der Waals surface area contributed by atoms with Gasteiger partial charge in [0.05, 0.1) is 12.3 Å². The topological polar surface area (TPSA) is 87.7 Å². The van der Waals surface area contributed by atoms with Gasteiger partial charge in [-0.3, -0.25) is 4.79 Å². The standard InChI is InChI=1S/C22H35N3O4S/c1-21(2)16-9-10-22(3,14-16)20(21)24-19(26)15-7-8-17(23-4)18(13-15)30(27,28)25(5)11-12-29-6/h7-8,13,16,20,23H,9-12,14H2,1-6H3,(H,24,26)/t16-,20?,22+/m1/s1. The molecule has 1 aromatic carbocycles. The lowest BCUT2D eigenvalue weighted by Gasteiger charge is -2.43. The summed E-state index contributed by atoms with van der Waals surface area (Å²) in [5.74, 6) is 0.394. The number of methoxy groups -OCH3 is 1. The van der Waals surface area contributed by atoms with Crippen LogP contribution in [0.1, 0.15) is 50.4 Å². The molecule has 0 radical (unpaired) electrons. The Morgan fingerprint density at radius 1 is 1.30 bits per heavy atom. The Morgan fingerprint density at radius 3 is 2.57 bits per heavy atom. The minimum Gasteiger partial charge on any atom is -0.387 e. The van der Waals surface area contributed by atoms with Crippen LogP contribution in [0.2, 0.25) is 0 Å². The number of likely N-dealkylation sites (N-methyl/N-ethyl adjacent to an activating group) is 1. The van der Waals surface area contributed by atoms with Gasteiger partial charge in [-0.1, -0.05) is 20.8 Å². The summed E-state index contributed by atoms with van der Waals surface area (Å²) in [5.41, 5.74) is 0.949. The number of carbonyl (C=O) groups is 1. The molecular formula is C22H35N3O4S. The molecule has 8 heteroatoms. The SMILES string of the molecule is CNc1ccc(C(=O)NC2C(C)(C)[C@@H]3CC[C@@]2(C)C3)cc1S(=O)(=O)N(C)CCOC. The van der Waals surface area contributed by atoms with Crippen molar-refractivity contribution < 1.29 is 17.9 Å². The van der Waals surface area contributed by atoms with Crippen LogP contribution in [0.3, 0.4) is 0 Å². The fraction of sp³-hybridized carbons (Fsp3) is 0.682. The van der Waals surface area contributed by atoms with Gasteiger partial charge < -0.3 is 15.4 Å². The molecule has 2 aliphatic carbocycles. The molecule has 7 nitrogen and oxygen atoms in total. The van der Waals surface area contributed by atoms with E-state index < -0.39 is 10.0 Å². The van der Waals surface area contributed by atoms with E-state index in [0.29, 0.717) is 23.8 Å². The maximum absolute atomic E-state index is 13.2. The number of ether oxygens (including phenoxy) is 1. The Morgan fingerprint density at radius 2 is 2.00 bits per heavy atom. The molecule has 1 amide bonds. The molecule has 0 saturated heterocycles. The summed E-state index contributed by atoms with van der Waals surface area (Å²) in [6.07, 6.45) is 3.46. The van der Waals surface area contributed by atoms with E-state index in [9.17, 15) is 13.2 Å².